The second-order valence-corrected chi connectivity index (χ2v) is 5.13. The fourth-order valence-electron chi connectivity index (χ4n) is 2.20. The third kappa shape index (κ3) is 3.83. The number of halogens is 1. The standard InChI is InChI=1S/C16H13FN6O2/c1-10(24)19-12-3-5-13(6-4-12)20-16(25)14-7-2-11(17)8-15(14)23-9-18-21-22-23/h2-9H,1H3,(H,19,24)(H,20,25). The average molecular weight is 340 g/mol. The third-order valence-corrected chi connectivity index (χ3v) is 3.26. The van der Waals surface area contributed by atoms with E-state index in [1.807, 2.05) is 0 Å². The maximum Gasteiger partial charge on any atom is 0.257 e. The van der Waals surface area contributed by atoms with Crippen LogP contribution in [-0.2, 0) is 4.79 Å². The molecule has 0 aliphatic carbocycles. The van der Waals surface area contributed by atoms with Gasteiger partial charge in [-0.05, 0) is 46.8 Å². The van der Waals surface area contributed by atoms with Crippen LogP contribution in [-0.4, -0.2) is 32.0 Å². The Bertz CT molecular complexity index is 909. The fourth-order valence-corrected chi connectivity index (χ4v) is 2.20. The van der Waals surface area contributed by atoms with Crippen LogP contribution in [0.15, 0.2) is 48.8 Å². The van der Waals surface area contributed by atoms with Gasteiger partial charge >= 0.3 is 0 Å². The number of aromatic nitrogens is 4. The number of benzene rings is 2. The summed E-state index contributed by atoms with van der Waals surface area (Å²) < 4.78 is 14.7. The molecule has 9 heteroatoms. The molecule has 0 bridgehead atoms. The van der Waals surface area contributed by atoms with Gasteiger partial charge in [-0.25, -0.2) is 4.39 Å². The molecule has 0 unspecified atom stereocenters. The van der Waals surface area contributed by atoms with Crippen LogP contribution in [0, 0.1) is 5.82 Å². The van der Waals surface area contributed by atoms with Crippen LogP contribution in [0.3, 0.4) is 0 Å². The maximum absolute atomic E-state index is 13.5. The first-order chi connectivity index (χ1) is 12.0. The van der Waals surface area contributed by atoms with Crippen molar-refractivity contribution < 1.29 is 14.0 Å². The maximum atomic E-state index is 13.5. The van der Waals surface area contributed by atoms with Crippen LogP contribution in [0.2, 0.25) is 0 Å². The minimum absolute atomic E-state index is 0.186. The number of hydrogen-bond donors (Lipinski definition) is 2. The Morgan fingerprint density at radius 1 is 1.04 bits per heavy atom. The Balaban J connectivity index is 1.83. The lowest BCUT2D eigenvalue weighted by atomic mass is 10.1. The van der Waals surface area contributed by atoms with Crippen molar-refractivity contribution in [3.05, 3.63) is 60.2 Å². The third-order valence-electron chi connectivity index (χ3n) is 3.26. The Morgan fingerprint density at radius 2 is 1.72 bits per heavy atom. The van der Waals surface area contributed by atoms with Gasteiger partial charge in [0, 0.05) is 24.4 Å². The number of tetrazole rings is 1. The fraction of sp³-hybridized carbons (Fsp3) is 0.0625. The first kappa shape index (κ1) is 16.2. The van der Waals surface area contributed by atoms with E-state index in [2.05, 4.69) is 26.2 Å². The number of rotatable bonds is 4. The van der Waals surface area contributed by atoms with Crippen molar-refractivity contribution >= 4 is 23.2 Å². The van der Waals surface area contributed by atoms with Crippen molar-refractivity contribution in [2.45, 2.75) is 6.92 Å². The first-order valence-electron chi connectivity index (χ1n) is 7.25. The minimum atomic E-state index is -0.512. The lowest BCUT2D eigenvalue weighted by molar-refractivity contribution is -0.114. The number of hydrogen-bond acceptors (Lipinski definition) is 5. The zero-order valence-corrected chi connectivity index (χ0v) is 13.1. The smallest absolute Gasteiger partial charge is 0.257 e. The molecule has 2 aromatic carbocycles. The monoisotopic (exact) mass is 340 g/mol. The summed E-state index contributed by atoms with van der Waals surface area (Å²) in [5.41, 5.74) is 1.56. The van der Waals surface area contributed by atoms with E-state index in [9.17, 15) is 14.0 Å². The van der Waals surface area contributed by atoms with Crippen LogP contribution in [0.4, 0.5) is 15.8 Å². The van der Waals surface area contributed by atoms with Crippen LogP contribution in [0.25, 0.3) is 5.69 Å². The van der Waals surface area contributed by atoms with Gasteiger partial charge < -0.3 is 10.6 Å². The molecule has 0 aliphatic rings. The lowest BCUT2D eigenvalue weighted by Crippen LogP contribution is -2.15. The van der Waals surface area contributed by atoms with Crippen LogP contribution in [0.5, 0.6) is 0 Å². The molecule has 0 spiro atoms. The molecule has 3 rings (SSSR count). The van der Waals surface area contributed by atoms with E-state index in [0.717, 1.165) is 0 Å². The topological polar surface area (TPSA) is 102 Å². The van der Waals surface area contributed by atoms with E-state index in [1.165, 1.54) is 36.1 Å². The molecular formula is C16H13FN6O2. The van der Waals surface area contributed by atoms with Gasteiger partial charge in [-0.2, -0.15) is 4.68 Å². The van der Waals surface area contributed by atoms with Gasteiger partial charge in [-0.3, -0.25) is 9.59 Å². The number of amides is 2. The number of anilines is 2. The van der Waals surface area contributed by atoms with Crippen molar-refractivity contribution in [1.82, 2.24) is 20.2 Å². The normalized spacial score (nSPS) is 10.3. The van der Waals surface area contributed by atoms with Gasteiger partial charge in [0.2, 0.25) is 5.91 Å². The van der Waals surface area contributed by atoms with Gasteiger partial charge in [0.25, 0.3) is 5.91 Å². The van der Waals surface area contributed by atoms with Gasteiger partial charge in [-0.1, -0.05) is 0 Å². The highest BCUT2D eigenvalue weighted by molar-refractivity contribution is 6.06. The number of carbonyl (C=O) groups excluding carboxylic acids is 2. The Morgan fingerprint density at radius 3 is 2.32 bits per heavy atom. The Kier molecular flexibility index (Phi) is 4.46. The highest BCUT2D eigenvalue weighted by atomic mass is 19.1. The number of carbonyl (C=O) groups is 2. The van der Waals surface area contributed by atoms with Gasteiger partial charge in [-0.15, -0.1) is 5.10 Å². The lowest BCUT2D eigenvalue weighted by Gasteiger charge is -2.10. The Hall–Kier alpha value is -3.62. The molecule has 8 nitrogen and oxygen atoms in total. The molecular weight excluding hydrogens is 327 g/mol. The summed E-state index contributed by atoms with van der Waals surface area (Å²) in [5.74, 6) is -1.14. The van der Waals surface area contributed by atoms with E-state index in [-0.39, 0.29) is 17.2 Å². The molecule has 2 amide bonds. The molecule has 2 N–H and O–H groups in total. The van der Waals surface area contributed by atoms with E-state index >= 15 is 0 Å². The Labute approximate surface area is 141 Å². The molecule has 1 heterocycles. The minimum Gasteiger partial charge on any atom is -0.326 e. The van der Waals surface area contributed by atoms with Gasteiger partial charge in [0.1, 0.15) is 12.1 Å². The zero-order valence-electron chi connectivity index (χ0n) is 13.1. The summed E-state index contributed by atoms with van der Waals surface area (Å²) in [4.78, 5) is 23.5. The predicted molar refractivity (Wildman–Crippen MR) is 87.8 cm³/mol. The molecule has 25 heavy (non-hydrogen) atoms. The summed E-state index contributed by atoms with van der Waals surface area (Å²) >= 11 is 0. The van der Waals surface area contributed by atoms with Crippen molar-refractivity contribution in [3.8, 4) is 5.69 Å². The molecule has 0 saturated heterocycles. The quantitative estimate of drug-likeness (QED) is 0.756. The predicted octanol–water partition coefficient (Wildman–Crippen LogP) is 2.01. The van der Waals surface area contributed by atoms with Crippen molar-refractivity contribution in [2.75, 3.05) is 10.6 Å². The summed E-state index contributed by atoms with van der Waals surface area (Å²) in [6, 6.07) is 10.3. The van der Waals surface area contributed by atoms with Gasteiger partial charge in [0.15, 0.2) is 0 Å². The summed E-state index contributed by atoms with van der Waals surface area (Å²) in [6.45, 7) is 1.41. The molecule has 1 aromatic heterocycles. The van der Waals surface area contributed by atoms with E-state index in [4.69, 9.17) is 0 Å². The summed E-state index contributed by atoms with van der Waals surface area (Å²) in [6.07, 6.45) is 1.27. The number of nitrogens with one attached hydrogen (secondary N) is 2. The summed E-state index contributed by atoms with van der Waals surface area (Å²) in [7, 11) is 0. The summed E-state index contributed by atoms with van der Waals surface area (Å²) in [5, 5.41) is 16.0. The SMILES string of the molecule is CC(=O)Nc1ccc(NC(=O)c2ccc(F)cc2-n2cnnn2)cc1. The van der Waals surface area contributed by atoms with Crippen LogP contribution < -0.4 is 10.6 Å². The van der Waals surface area contributed by atoms with Crippen LogP contribution >= 0.6 is 0 Å². The second kappa shape index (κ2) is 6.87. The largest absolute Gasteiger partial charge is 0.326 e. The molecule has 0 radical (unpaired) electrons. The zero-order chi connectivity index (χ0) is 17.8. The van der Waals surface area contributed by atoms with Crippen molar-refractivity contribution in [1.29, 1.82) is 0 Å². The van der Waals surface area contributed by atoms with E-state index in [1.54, 1.807) is 24.3 Å². The first-order valence-corrected chi connectivity index (χ1v) is 7.25. The molecule has 126 valence electrons. The number of nitrogens with zero attached hydrogens (tertiary/aromatic N) is 4. The molecule has 3 aromatic rings. The van der Waals surface area contributed by atoms with Crippen molar-refractivity contribution in [2.24, 2.45) is 0 Å². The molecule has 0 fully saturated rings. The highest BCUT2D eigenvalue weighted by Crippen LogP contribution is 2.19. The van der Waals surface area contributed by atoms with Crippen molar-refractivity contribution in [3.63, 3.8) is 0 Å². The van der Waals surface area contributed by atoms with Gasteiger partial charge in [0.05, 0.1) is 11.3 Å². The molecule has 0 aliphatic heterocycles. The van der Waals surface area contributed by atoms with E-state index in [0.29, 0.717) is 11.4 Å². The molecule has 0 saturated carbocycles. The van der Waals surface area contributed by atoms with Crippen LogP contribution in [0.1, 0.15) is 17.3 Å². The van der Waals surface area contributed by atoms with E-state index < -0.39 is 11.7 Å². The average Bonchev–Trinajstić information content (AvgIpc) is 3.10. The second-order valence-electron chi connectivity index (χ2n) is 5.13. The molecule has 0 atom stereocenters. The highest BCUT2D eigenvalue weighted by Gasteiger charge is 2.15.